The summed E-state index contributed by atoms with van der Waals surface area (Å²) in [6.07, 6.45) is 5.94. The van der Waals surface area contributed by atoms with Crippen LogP contribution in [0, 0.1) is 0 Å². The maximum atomic E-state index is 4.10. The standard InChI is InChI=1S/C9H17N4/c1-13(5-3-2-4-6-13)8-9-7-10-12-11-9/h7H,2-6,8H2,1H3,(H,10,11,12)/q+1. The molecule has 0 aliphatic carbocycles. The van der Waals surface area contributed by atoms with Gasteiger partial charge in [-0.2, -0.15) is 15.4 Å². The maximum absolute atomic E-state index is 4.10. The Hall–Kier alpha value is -0.900. The number of hydrogen-bond acceptors (Lipinski definition) is 2. The van der Waals surface area contributed by atoms with Gasteiger partial charge in [-0.3, -0.25) is 0 Å². The smallest absolute Gasteiger partial charge is 0.137 e. The maximum Gasteiger partial charge on any atom is 0.137 e. The van der Waals surface area contributed by atoms with Crippen LogP contribution in [0.4, 0.5) is 0 Å². The number of likely N-dealkylation sites (tertiary alicyclic amines) is 1. The molecule has 1 aliphatic heterocycles. The fourth-order valence-electron chi connectivity index (χ4n) is 2.13. The van der Waals surface area contributed by atoms with E-state index < -0.39 is 0 Å². The highest BCUT2D eigenvalue weighted by atomic mass is 15.4. The van der Waals surface area contributed by atoms with Crippen molar-refractivity contribution in [1.82, 2.24) is 15.4 Å². The quantitative estimate of drug-likeness (QED) is 0.690. The number of H-pyrrole nitrogens is 1. The Bertz CT molecular complexity index is 249. The number of hydrogen-bond donors (Lipinski definition) is 1. The predicted molar refractivity (Wildman–Crippen MR) is 49.9 cm³/mol. The number of rotatable bonds is 2. The summed E-state index contributed by atoms with van der Waals surface area (Å²) in [7, 11) is 2.31. The fraction of sp³-hybridized carbons (Fsp3) is 0.778. The van der Waals surface area contributed by atoms with Gasteiger partial charge in [-0.1, -0.05) is 0 Å². The van der Waals surface area contributed by atoms with E-state index in [2.05, 4.69) is 22.5 Å². The molecular formula is C9H17N4+. The van der Waals surface area contributed by atoms with Crippen molar-refractivity contribution in [1.29, 1.82) is 0 Å². The van der Waals surface area contributed by atoms with Crippen LogP contribution in [-0.4, -0.2) is 40.0 Å². The average molecular weight is 181 g/mol. The predicted octanol–water partition coefficient (Wildman–Crippen LogP) is 0.935. The topological polar surface area (TPSA) is 41.6 Å². The van der Waals surface area contributed by atoms with Crippen LogP contribution in [0.2, 0.25) is 0 Å². The second-order valence-corrected chi connectivity index (χ2v) is 4.25. The molecule has 72 valence electrons. The summed E-state index contributed by atoms with van der Waals surface area (Å²) in [6, 6.07) is 0. The van der Waals surface area contributed by atoms with Crippen LogP contribution in [-0.2, 0) is 6.54 Å². The normalized spacial score (nSPS) is 21.6. The first-order valence-electron chi connectivity index (χ1n) is 4.97. The Morgan fingerprint density at radius 1 is 1.38 bits per heavy atom. The van der Waals surface area contributed by atoms with Crippen molar-refractivity contribution in [3.63, 3.8) is 0 Å². The summed E-state index contributed by atoms with van der Waals surface area (Å²) >= 11 is 0. The molecule has 4 nitrogen and oxygen atoms in total. The summed E-state index contributed by atoms with van der Waals surface area (Å²) in [5, 5.41) is 10.6. The molecule has 1 aromatic heterocycles. The Morgan fingerprint density at radius 2 is 2.15 bits per heavy atom. The zero-order valence-electron chi connectivity index (χ0n) is 8.16. The van der Waals surface area contributed by atoms with Crippen LogP contribution in [0.25, 0.3) is 0 Å². The Kier molecular flexibility index (Phi) is 2.31. The Morgan fingerprint density at radius 3 is 2.77 bits per heavy atom. The van der Waals surface area contributed by atoms with Gasteiger partial charge < -0.3 is 4.48 Å². The average Bonchev–Trinajstić information content (AvgIpc) is 2.57. The zero-order valence-corrected chi connectivity index (χ0v) is 8.16. The third kappa shape index (κ3) is 2.06. The van der Waals surface area contributed by atoms with E-state index in [9.17, 15) is 0 Å². The number of piperidine rings is 1. The van der Waals surface area contributed by atoms with E-state index in [0.717, 1.165) is 16.7 Å². The highest BCUT2D eigenvalue weighted by Crippen LogP contribution is 2.18. The molecule has 0 saturated carbocycles. The van der Waals surface area contributed by atoms with Gasteiger partial charge in [0.25, 0.3) is 0 Å². The van der Waals surface area contributed by atoms with Crippen LogP contribution >= 0.6 is 0 Å². The molecular weight excluding hydrogens is 164 g/mol. The molecule has 1 aliphatic rings. The van der Waals surface area contributed by atoms with Crippen molar-refractivity contribution in [3.8, 4) is 0 Å². The van der Waals surface area contributed by atoms with Gasteiger partial charge in [-0.05, 0) is 19.3 Å². The van der Waals surface area contributed by atoms with Gasteiger partial charge >= 0.3 is 0 Å². The Balaban J connectivity index is 1.99. The molecule has 2 heterocycles. The SMILES string of the molecule is C[N+]1(Cc2cn[nH]n2)CCCCC1. The van der Waals surface area contributed by atoms with Crippen LogP contribution in [0.1, 0.15) is 25.0 Å². The van der Waals surface area contributed by atoms with Crippen LogP contribution in [0.15, 0.2) is 6.20 Å². The molecule has 0 spiro atoms. The van der Waals surface area contributed by atoms with Crippen LogP contribution in [0.3, 0.4) is 0 Å². The highest BCUT2D eigenvalue weighted by Gasteiger charge is 2.25. The van der Waals surface area contributed by atoms with Crippen molar-refractivity contribution in [2.45, 2.75) is 25.8 Å². The molecule has 1 N–H and O–H groups in total. The first kappa shape index (κ1) is 8.69. The second kappa shape index (κ2) is 3.46. The molecule has 13 heavy (non-hydrogen) atoms. The minimum absolute atomic E-state index is 1.02. The minimum atomic E-state index is 1.02. The molecule has 1 aromatic rings. The lowest BCUT2D eigenvalue weighted by molar-refractivity contribution is -0.927. The van der Waals surface area contributed by atoms with Crippen molar-refractivity contribution in [2.24, 2.45) is 0 Å². The van der Waals surface area contributed by atoms with Crippen molar-refractivity contribution < 1.29 is 4.48 Å². The van der Waals surface area contributed by atoms with E-state index in [1.165, 1.54) is 32.4 Å². The molecule has 0 unspecified atom stereocenters. The lowest BCUT2D eigenvalue weighted by atomic mass is 10.1. The van der Waals surface area contributed by atoms with Gasteiger partial charge in [-0.15, -0.1) is 0 Å². The third-order valence-corrected chi connectivity index (χ3v) is 2.90. The number of nitrogens with one attached hydrogen (secondary N) is 1. The summed E-state index contributed by atoms with van der Waals surface area (Å²) < 4.78 is 1.13. The number of aromatic nitrogens is 3. The van der Waals surface area contributed by atoms with Gasteiger partial charge in [0.05, 0.1) is 26.3 Å². The van der Waals surface area contributed by atoms with Gasteiger partial charge in [0, 0.05) is 0 Å². The zero-order chi connectivity index (χ0) is 9.15. The number of quaternary nitrogens is 1. The van der Waals surface area contributed by atoms with Crippen molar-refractivity contribution in [3.05, 3.63) is 11.9 Å². The summed E-state index contributed by atoms with van der Waals surface area (Å²) in [5.41, 5.74) is 1.09. The molecule has 0 atom stereocenters. The summed E-state index contributed by atoms with van der Waals surface area (Å²) in [4.78, 5) is 0. The number of aromatic amines is 1. The second-order valence-electron chi connectivity index (χ2n) is 4.25. The molecule has 2 rings (SSSR count). The van der Waals surface area contributed by atoms with E-state index >= 15 is 0 Å². The van der Waals surface area contributed by atoms with Gasteiger partial charge in [0.2, 0.25) is 0 Å². The Labute approximate surface area is 78.5 Å². The van der Waals surface area contributed by atoms with E-state index in [-0.39, 0.29) is 0 Å². The van der Waals surface area contributed by atoms with E-state index in [0.29, 0.717) is 0 Å². The van der Waals surface area contributed by atoms with E-state index in [4.69, 9.17) is 0 Å². The summed E-state index contributed by atoms with van der Waals surface area (Å²) in [5.74, 6) is 0. The molecule has 0 amide bonds. The fourth-order valence-corrected chi connectivity index (χ4v) is 2.13. The molecule has 4 heteroatoms. The third-order valence-electron chi connectivity index (χ3n) is 2.90. The summed E-state index contributed by atoms with van der Waals surface area (Å²) in [6.45, 7) is 3.59. The molecule has 1 saturated heterocycles. The monoisotopic (exact) mass is 181 g/mol. The molecule has 0 aromatic carbocycles. The van der Waals surface area contributed by atoms with E-state index in [1.807, 2.05) is 6.20 Å². The molecule has 0 bridgehead atoms. The van der Waals surface area contributed by atoms with Crippen LogP contribution in [0.5, 0.6) is 0 Å². The minimum Gasteiger partial charge on any atom is -0.321 e. The van der Waals surface area contributed by atoms with Crippen molar-refractivity contribution >= 4 is 0 Å². The highest BCUT2D eigenvalue weighted by molar-refractivity contribution is 4.87. The van der Waals surface area contributed by atoms with Crippen molar-refractivity contribution in [2.75, 3.05) is 20.1 Å². The van der Waals surface area contributed by atoms with Gasteiger partial charge in [0.1, 0.15) is 12.2 Å². The van der Waals surface area contributed by atoms with Gasteiger partial charge in [0.15, 0.2) is 0 Å². The lowest BCUT2D eigenvalue weighted by Crippen LogP contribution is -2.47. The number of nitrogens with zero attached hydrogens (tertiary/aromatic N) is 3. The largest absolute Gasteiger partial charge is 0.321 e. The molecule has 0 radical (unpaired) electrons. The van der Waals surface area contributed by atoms with E-state index in [1.54, 1.807) is 0 Å². The first-order chi connectivity index (χ1) is 6.29. The van der Waals surface area contributed by atoms with Crippen LogP contribution < -0.4 is 0 Å². The molecule has 1 fully saturated rings. The van der Waals surface area contributed by atoms with Gasteiger partial charge in [-0.25, -0.2) is 0 Å². The first-order valence-corrected chi connectivity index (χ1v) is 4.97. The lowest BCUT2D eigenvalue weighted by Gasteiger charge is -2.37.